The monoisotopic (exact) mass is 280 g/mol. The Morgan fingerprint density at radius 2 is 1.70 bits per heavy atom. The largest absolute Gasteiger partial charge is 0.480 e. The van der Waals surface area contributed by atoms with Crippen molar-refractivity contribution in [1.29, 1.82) is 0 Å². The topological polar surface area (TPSA) is 94.8 Å². The molecule has 0 heterocycles. The van der Waals surface area contributed by atoms with E-state index in [1.807, 2.05) is 0 Å². The van der Waals surface area contributed by atoms with Gasteiger partial charge in [-0.05, 0) is 31.2 Å². The van der Waals surface area contributed by atoms with Crippen LogP contribution in [0.3, 0.4) is 0 Å². The Morgan fingerprint density at radius 3 is 2.15 bits per heavy atom. The summed E-state index contributed by atoms with van der Waals surface area (Å²) in [7, 11) is 0. The van der Waals surface area contributed by atoms with Crippen molar-refractivity contribution in [3.8, 4) is 0 Å². The SMILES string of the molecule is CCC(O)CCC(Cc1ccccc1)(C(=O)O)C(=O)O. The van der Waals surface area contributed by atoms with Crippen LogP contribution in [0.5, 0.6) is 0 Å². The van der Waals surface area contributed by atoms with E-state index in [0.29, 0.717) is 12.0 Å². The third kappa shape index (κ3) is 3.81. The van der Waals surface area contributed by atoms with E-state index in [4.69, 9.17) is 0 Å². The number of carboxylic acid groups (broad SMARTS) is 2. The summed E-state index contributed by atoms with van der Waals surface area (Å²) in [6.45, 7) is 1.77. The molecule has 0 radical (unpaired) electrons. The van der Waals surface area contributed by atoms with Crippen molar-refractivity contribution in [3.63, 3.8) is 0 Å². The molecule has 110 valence electrons. The normalized spacial score (nSPS) is 12.9. The standard InChI is InChI=1S/C15H20O5/c1-2-12(16)8-9-15(13(17)18,14(19)20)10-11-6-4-3-5-7-11/h3-7,12,16H,2,8-10H2,1H3,(H,17,18)(H,19,20). The predicted molar refractivity (Wildman–Crippen MR) is 73.4 cm³/mol. The van der Waals surface area contributed by atoms with E-state index in [9.17, 15) is 24.9 Å². The summed E-state index contributed by atoms with van der Waals surface area (Å²) in [5.41, 5.74) is -1.24. The lowest BCUT2D eigenvalue weighted by Crippen LogP contribution is -2.42. The number of hydrogen-bond donors (Lipinski definition) is 3. The van der Waals surface area contributed by atoms with Gasteiger partial charge in [0.1, 0.15) is 0 Å². The molecule has 1 unspecified atom stereocenters. The van der Waals surface area contributed by atoms with Gasteiger partial charge in [0.25, 0.3) is 0 Å². The summed E-state index contributed by atoms with van der Waals surface area (Å²) in [5, 5.41) is 28.3. The number of rotatable bonds is 8. The minimum atomic E-state index is -1.89. The van der Waals surface area contributed by atoms with Crippen LogP contribution in [0.25, 0.3) is 0 Å². The van der Waals surface area contributed by atoms with E-state index in [0.717, 1.165) is 0 Å². The molecule has 0 aliphatic heterocycles. The van der Waals surface area contributed by atoms with Crippen molar-refractivity contribution in [2.75, 3.05) is 0 Å². The molecule has 3 N–H and O–H groups in total. The molecule has 0 saturated carbocycles. The van der Waals surface area contributed by atoms with Crippen molar-refractivity contribution in [3.05, 3.63) is 35.9 Å². The Labute approximate surface area is 117 Å². The first kappa shape index (κ1) is 16.2. The maximum atomic E-state index is 11.5. The maximum absolute atomic E-state index is 11.5. The highest BCUT2D eigenvalue weighted by Gasteiger charge is 2.46. The quantitative estimate of drug-likeness (QED) is 0.632. The average molecular weight is 280 g/mol. The number of aliphatic carboxylic acids is 2. The molecule has 1 rings (SSSR count). The van der Waals surface area contributed by atoms with Crippen LogP contribution in [0.2, 0.25) is 0 Å². The van der Waals surface area contributed by atoms with E-state index >= 15 is 0 Å². The molecule has 1 aromatic carbocycles. The average Bonchev–Trinajstić information content (AvgIpc) is 2.43. The van der Waals surface area contributed by atoms with Gasteiger partial charge in [0, 0.05) is 0 Å². The molecule has 1 atom stereocenters. The summed E-state index contributed by atoms with van der Waals surface area (Å²) < 4.78 is 0. The predicted octanol–water partition coefficient (Wildman–Crippen LogP) is 1.94. The van der Waals surface area contributed by atoms with Crippen LogP contribution in [0.15, 0.2) is 30.3 Å². The number of carbonyl (C=O) groups is 2. The lowest BCUT2D eigenvalue weighted by molar-refractivity contribution is -0.165. The second-order valence-electron chi connectivity index (χ2n) is 4.96. The molecule has 0 aliphatic carbocycles. The number of hydrogen-bond acceptors (Lipinski definition) is 3. The van der Waals surface area contributed by atoms with Crippen LogP contribution >= 0.6 is 0 Å². The zero-order chi connectivity index (χ0) is 15.2. The van der Waals surface area contributed by atoms with Crippen LogP contribution in [-0.4, -0.2) is 33.4 Å². The number of carboxylic acids is 2. The highest BCUT2D eigenvalue weighted by molar-refractivity contribution is 5.98. The van der Waals surface area contributed by atoms with Crippen LogP contribution in [0, 0.1) is 5.41 Å². The Morgan fingerprint density at radius 1 is 1.15 bits per heavy atom. The second kappa shape index (κ2) is 7.05. The Kier molecular flexibility index (Phi) is 5.70. The van der Waals surface area contributed by atoms with Gasteiger partial charge in [-0.15, -0.1) is 0 Å². The van der Waals surface area contributed by atoms with Crippen LogP contribution < -0.4 is 0 Å². The molecule has 0 aromatic heterocycles. The Bertz CT molecular complexity index is 441. The van der Waals surface area contributed by atoms with Gasteiger partial charge in [0.05, 0.1) is 6.10 Å². The summed E-state index contributed by atoms with van der Waals surface area (Å²) in [4.78, 5) is 23.0. The van der Waals surface area contributed by atoms with Gasteiger partial charge in [-0.2, -0.15) is 0 Å². The molecule has 0 saturated heterocycles. The fourth-order valence-electron chi connectivity index (χ4n) is 2.11. The first-order valence-electron chi connectivity index (χ1n) is 6.61. The highest BCUT2D eigenvalue weighted by atomic mass is 16.4. The molecule has 20 heavy (non-hydrogen) atoms. The van der Waals surface area contributed by atoms with Gasteiger partial charge >= 0.3 is 11.9 Å². The van der Waals surface area contributed by atoms with E-state index in [2.05, 4.69) is 0 Å². The lowest BCUT2D eigenvalue weighted by atomic mass is 9.77. The molecule has 0 aliphatic rings. The molecule has 5 nitrogen and oxygen atoms in total. The van der Waals surface area contributed by atoms with Gasteiger partial charge in [-0.1, -0.05) is 37.3 Å². The van der Waals surface area contributed by atoms with Crippen molar-refractivity contribution in [2.24, 2.45) is 5.41 Å². The zero-order valence-corrected chi connectivity index (χ0v) is 11.5. The minimum Gasteiger partial charge on any atom is -0.480 e. The lowest BCUT2D eigenvalue weighted by Gasteiger charge is -2.26. The summed E-state index contributed by atoms with van der Waals surface area (Å²) in [5.74, 6) is -2.73. The minimum absolute atomic E-state index is 0.0884. The Balaban J connectivity index is 2.99. The van der Waals surface area contributed by atoms with E-state index in [-0.39, 0.29) is 19.3 Å². The van der Waals surface area contributed by atoms with Gasteiger partial charge < -0.3 is 15.3 Å². The Hall–Kier alpha value is -1.88. The fourth-order valence-corrected chi connectivity index (χ4v) is 2.11. The number of aliphatic hydroxyl groups is 1. The molecule has 0 amide bonds. The third-order valence-electron chi connectivity index (χ3n) is 3.54. The van der Waals surface area contributed by atoms with Crippen LogP contribution in [0.1, 0.15) is 31.7 Å². The molecule has 0 fully saturated rings. The van der Waals surface area contributed by atoms with Gasteiger partial charge in [0.15, 0.2) is 5.41 Å². The maximum Gasteiger partial charge on any atom is 0.321 e. The van der Waals surface area contributed by atoms with E-state index in [1.165, 1.54) is 0 Å². The van der Waals surface area contributed by atoms with Crippen LogP contribution in [-0.2, 0) is 16.0 Å². The van der Waals surface area contributed by atoms with Crippen molar-refractivity contribution in [2.45, 2.75) is 38.7 Å². The second-order valence-corrected chi connectivity index (χ2v) is 4.96. The fraction of sp³-hybridized carbons (Fsp3) is 0.467. The number of aliphatic hydroxyl groups excluding tert-OH is 1. The molecular formula is C15H20O5. The molecule has 1 aromatic rings. The zero-order valence-electron chi connectivity index (χ0n) is 11.5. The number of benzene rings is 1. The summed E-state index contributed by atoms with van der Waals surface area (Å²) >= 11 is 0. The van der Waals surface area contributed by atoms with Gasteiger partial charge in [-0.25, -0.2) is 0 Å². The van der Waals surface area contributed by atoms with E-state index in [1.54, 1.807) is 37.3 Å². The van der Waals surface area contributed by atoms with Crippen LogP contribution in [0.4, 0.5) is 0 Å². The van der Waals surface area contributed by atoms with Crippen molar-refractivity contribution < 1.29 is 24.9 Å². The molecule has 0 bridgehead atoms. The summed E-state index contributed by atoms with van der Waals surface area (Å²) in [6, 6.07) is 8.68. The van der Waals surface area contributed by atoms with Crippen molar-refractivity contribution >= 4 is 11.9 Å². The first-order chi connectivity index (χ1) is 9.42. The van der Waals surface area contributed by atoms with E-state index < -0.39 is 23.5 Å². The van der Waals surface area contributed by atoms with Crippen molar-refractivity contribution in [1.82, 2.24) is 0 Å². The molecule has 5 heteroatoms. The summed E-state index contributed by atoms with van der Waals surface area (Å²) in [6.07, 6.45) is -0.233. The molecular weight excluding hydrogens is 260 g/mol. The smallest absolute Gasteiger partial charge is 0.321 e. The first-order valence-corrected chi connectivity index (χ1v) is 6.61. The highest BCUT2D eigenvalue weighted by Crippen LogP contribution is 2.31. The molecule has 0 spiro atoms. The van der Waals surface area contributed by atoms with Gasteiger partial charge in [-0.3, -0.25) is 9.59 Å². The third-order valence-corrected chi connectivity index (χ3v) is 3.54. The van der Waals surface area contributed by atoms with Gasteiger partial charge in [0.2, 0.25) is 0 Å².